The first-order valence-corrected chi connectivity index (χ1v) is 6.96. The topological polar surface area (TPSA) is 64.7 Å². The summed E-state index contributed by atoms with van der Waals surface area (Å²) in [7, 11) is 1.74. The number of hydrogen-bond acceptors (Lipinski definition) is 3. The first kappa shape index (κ1) is 17.0. The molecule has 2 heterocycles. The van der Waals surface area contributed by atoms with Crippen LogP contribution >= 0.6 is 0 Å². The average Bonchev–Trinajstić information content (AvgIpc) is 2.93. The van der Waals surface area contributed by atoms with Gasteiger partial charge < -0.3 is 5.32 Å². The molecule has 1 amide bonds. The Bertz CT molecular complexity index is 744. The summed E-state index contributed by atoms with van der Waals surface area (Å²) in [5.74, 6) is -0.455. The van der Waals surface area contributed by atoms with Crippen LogP contribution in [0.25, 0.3) is 0 Å². The quantitative estimate of drug-likeness (QED) is 0.942. The van der Waals surface area contributed by atoms with Crippen LogP contribution in [0.15, 0.2) is 6.07 Å². The summed E-state index contributed by atoms with van der Waals surface area (Å²) in [5.41, 5.74) is 1.21. The van der Waals surface area contributed by atoms with E-state index in [-0.39, 0.29) is 5.69 Å². The van der Waals surface area contributed by atoms with Crippen molar-refractivity contribution in [3.8, 4) is 0 Å². The molecule has 126 valence electrons. The van der Waals surface area contributed by atoms with E-state index in [1.807, 2.05) is 0 Å². The molecule has 1 N–H and O–H groups in total. The Balaban J connectivity index is 2.25. The third-order valence-corrected chi connectivity index (χ3v) is 3.72. The first-order valence-electron chi connectivity index (χ1n) is 6.96. The lowest BCUT2D eigenvalue weighted by atomic mass is 10.2. The predicted molar refractivity (Wildman–Crippen MR) is 78.0 cm³/mol. The van der Waals surface area contributed by atoms with Crippen LogP contribution in [0.2, 0.25) is 0 Å². The van der Waals surface area contributed by atoms with E-state index in [1.165, 1.54) is 13.8 Å². The molecular formula is C14H18F3N5O. The minimum atomic E-state index is -4.54. The molecule has 0 unspecified atom stereocenters. The number of rotatable bonds is 3. The second-order valence-electron chi connectivity index (χ2n) is 5.45. The average molecular weight is 329 g/mol. The van der Waals surface area contributed by atoms with Crippen molar-refractivity contribution in [2.45, 2.75) is 39.9 Å². The molecule has 0 saturated heterocycles. The third-order valence-electron chi connectivity index (χ3n) is 3.72. The van der Waals surface area contributed by atoms with Crippen LogP contribution in [0.1, 0.15) is 35.7 Å². The predicted octanol–water partition coefficient (Wildman–Crippen LogP) is 2.76. The van der Waals surface area contributed by atoms with Crippen LogP contribution in [0.5, 0.6) is 0 Å². The smallest absolute Gasteiger partial charge is 0.321 e. The minimum Gasteiger partial charge on any atom is -0.321 e. The monoisotopic (exact) mass is 329 g/mol. The molecule has 0 aliphatic heterocycles. The highest BCUT2D eigenvalue weighted by Gasteiger charge is 2.35. The van der Waals surface area contributed by atoms with Gasteiger partial charge in [0.2, 0.25) is 5.91 Å². The van der Waals surface area contributed by atoms with Gasteiger partial charge in [0.15, 0.2) is 5.69 Å². The largest absolute Gasteiger partial charge is 0.435 e. The number of nitrogens with one attached hydrogen (secondary N) is 1. The fraction of sp³-hybridized carbons (Fsp3) is 0.500. The SMILES string of the molecule is Cc1nn(C)c(C)c1NC(=O)[C@@H](C)n1nc(C(F)(F)F)cc1C. The molecule has 0 bridgehead atoms. The molecular weight excluding hydrogens is 311 g/mol. The highest BCUT2D eigenvalue weighted by atomic mass is 19.4. The van der Waals surface area contributed by atoms with Crippen LogP contribution < -0.4 is 5.32 Å². The van der Waals surface area contributed by atoms with Crippen LogP contribution in [0.3, 0.4) is 0 Å². The summed E-state index contributed by atoms with van der Waals surface area (Å²) in [6.45, 7) is 6.51. The minimum absolute atomic E-state index is 0.264. The van der Waals surface area contributed by atoms with Crippen molar-refractivity contribution in [3.05, 3.63) is 28.8 Å². The molecule has 0 aliphatic rings. The summed E-state index contributed by atoms with van der Waals surface area (Å²) in [5, 5.41) is 10.4. The number of hydrogen-bond donors (Lipinski definition) is 1. The maximum Gasteiger partial charge on any atom is 0.435 e. The van der Waals surface area contributed by atoms with Crippen molar-refractivity contribution in [1.29, 1.82) is 0 Å². The van der Waals surface area contributed by atoms with Crippen molar-refractivity contribution >= 4 is 11.6 Å². The van der Waals surface area contributed by atoms with Gasteiger partial charge in [0, 0.05) is 12.7 Å². The van der Waals surface area contributed by atoms with E-state index >= 15 is 0 Å². The van der Waals surface area contributed by atoms with Crippen molar-refractivity contribution in [2.24, 2.45) is 7.05 Å². The Labute approximate surface area is 131 Å². The van der Waals surface area contributed by atoms with Gasteiger partial charge in [0.1, 0.15) is 6.04 Å². The van der Waals surface area contributed by atoms with Gasteiger partial charge in [-0.05, 0) is 33.8 Å². The van der Waals surface area contributed by atoms with E-state index in [0.717, 1.165) is 16.4 Å². The molecule has 23 heavy (non-hydrogen) atoms. The molecule has 0 aromatic carbocycles. The standard InChI is InChI=1S/C14H18F3N5O/c1-7-6-11(14(15,16)17)20-22(7)10(4)13(23)18-12-8(2)19-21(5)9(12)3/h6,10H,1-5H3,(H,18,23)/t10-/m1/s1. The highest BCUT2D eigenvalue weighted by Crippen LogP contribution is 2.29. The number of alkyl halides is 3. The molecule has 1 atom stereocenters. The molecule has 0 fully saturated rings. The van der Waals surface area contributed by atoms with Gasteiger partial charge in [0.25, 0.3) is 0 Å². The van der Waals surface area contributed by atoms with Gasteiger partial charge in [-0.3, -0.25) is 14.2 Å². The molecule has 0 radical (unpaired) electrons. The Morgan fingerprint density at radius 1 is 1.26 bits per heavy atom. The molecule has 0 saturated carbocycles. The molecule has 2 aromatic rings. The summed E-state index contributed by atoms with van der Waals surface area (Å²) in [6.07, 6.45) is -4.54. The highest BCUT2D eigenvalue weighted by molar-refractivity contribution is 5.94. The molecule has 2 aromatic heterocycles. The van der Waals surface area contributed by atoms with Crippen LogP contribution in [-0.4, -0.2) is 25.5 Å². The van der Waals surface area contributed by atoms with E-state index in [4.69, 9.17) is 0 Å². The maximum absolute atomic E-state index is 12.7. The van der Waals surface area contributed by atoms with E-state index in [0.29, 0.717) is 11.4 Å². The van der Waals surface area contributed by atoms with Gasteiger partial charge in [-0.25, -0.2) is 0 Å². The van der Waals surface area contributed by atoms with Crippen LogP contribution in [-0.2, 0) is 18.0 Å². The van der Waals surface area contributed by atoms with Crippen molar-refractivity contribution in [1.82, 2.24) is 19.6 Å². The number of carbonyl (C=O) groups excluding carboxylic acids is 1. The molecule has 0 spiro atoms. The maximum atomic E-state index is 12.7. The second kappa shape index (κ2) is 5.71. The van der Waals surface area contributed by atoms with Crippen LogP contribution in [0.4, 0.5) is 18.9 Å². The summed E-state index contributed by atoms with van der Waals surface area (Å²) < 4.78 is 40.8. The van der Waals surface area contributed by atoms with Gasteiger partial charge >= 0.3 is 6.18 Å². The Morgan fingerprint density at radius 3 is 2.30 bits per heavy atom. The summed E-state index contributed by atoms with van der Waals surface area (Å²) in [6, 6.07) is 0.0368. The number of aromatic nitrogens is 4. The van der Waals surface area contributed by atoms with E-state index < -0.39 is 23.8 Å². The van der Waals surface area contributed by atoms with Crippen molar-refractivity contribution in [2.75, 3.05) is 5.32 Å². The molecule has 6 nitrogen and oxygen atoms in total. The lowest BCUT2D eigenvalue weighted by Crippen LogP contribution is -2.26. The van der Waals surface area contributed by atoms with E-state index in [9.17, 15) is 18.0 Å². The summed E-state index contributed by atoms with van der Waals surface area (Å²) >= 11 is 0. The number of nitrogens with zero attached hydrogens (tertiary/aromatic N) is 4. The zero-order valence-electron chi connectivity index (χ0n) is 13.5. The number of carbonyl (C=O) groups is 1. The lowest BCUT2D eigenvalue weighted by molar-refractivity contribution is -0.141. The Hall–Kier alpha value is -2.32. The van der Waals surface area contributed by atoms with Gasteiger partial charge in [0.05, 0.1) is 17.1 Å². The number of anilines is 1. The summed E-state index contributed by atoms with van der Waals surface area (Å²) in [4.78, 5) is 12.3. The van der Waals surface area contributed by atoms with Crippen molar-refractivity contribution < 1.29 is 18.0 Å². The fourth-order valence-corrected chi connectivity index (χ4v) is 2.31. The van der Waals surface area contributed by atoms with E-state index in [2.05, 4.69) is 15.5 Å². The lowest BCUT2D eigenvalue weighted by Gasteiger charge is -2.15. The number of amides is 1. The number of halogens is 3. The van der Waals surface area contributed by atoms with Crippen molar-refractivity contribution in [3.63, 3.8) is 0 Å². The Kier molecular flexibility index (Phi) is 4.23. The fourth-order valence-electron chi connectivity index (χ4n) is 2.31. The third kappa shape index (κ3) is 3.22. The van der Waals surface area contributed by atoms with Gasteiger partial charge in [-0.2, -0.15) is 23.4 Å². The zero-order valence-corrected chi connectivity index (χ0v) is 13.5. The van der Waals surface area contributed by atoms with Crippen LogP contribution in [0, 0.1) is 20.8 Å². The molecule has 2 rings (SSSR count). The molecule has 0 aliphatic carbocycles. The van der Waals surface area contributed by atoms with E-state index in [1.54, 1.807) is 25.6 Å². The zero-order chi connectivity index (χ0) is 17.5. The normalized spacial score (nSPS) is 13.2. The van der Waals surface area contributed by atoms with Gasteiger partial charge in [-0.15, -0.1) is 0 Å². The van der Waals surface area contributed by atoms with Gasteiger partial charge in [-0.1, -0.05) is 0 Å². The molecule has 9 heteroatoms. The first-order chi connectivity index (χ1) is 10.5. The number of aryl methyl sites for hydroxylation is 3. The second-order valence-corrected chi connectivity index (χ2v) is 5.45. The Morgan fingerprint density at radius 2 is 1.87 bits per heavy atom.